The lowest BCUT2D eigenvalue weighted by atomic mass is 10.2. The zero-order valence-corrected chi connectivity index (χ0v) is 8.89. The average molecular weight is 207 g/mol. The second kappa shape index (κ2) is 5.80. The number of alkyl halides is 1. The molecular formula is C8H15ClN2O2. The normalized spacial score (nSPS) is 12.0. The standard InChI is InChI=1S/C8H15ClN2O2/c1-6(4-9)8(13)11(3)5-7(12)10-2/h6H,4-5H2,1-3H3,(H,10,12). The number of amides is 2. The topological polar surface area (TPSA) is 49.4 Å². The first-order valence-electron chi connectivity index (χ1n) is 4.04. The summed E-state index contributed by atoms with van der Waals surface area (Å²) in [5.74, 6) is -0.260. The molecule has 0 rings (SSSR count). The number of halogens is 1. The highest BCUT2D eigenvalue weighted by molar-refractivity contribution is 6.19. The van der Waals surface area contributed by atoms with Gasteiger partial charge in [0.15, 0.2) is 0 Å². The van der Waals surface area contributed by atoms with E-state index in [-0.39, 0.29) is 30.2 Å². The summed E-state index contributed by atoms with van der Waals surface area (Å²) in [6.07, 6.45) is 0. The maximum atomic E-state index is 11.4. The molecule has 76 valence electrons. The summed E-state index contributed by atoms with van der Waals surface area (Å²) in [4.78, 5) is 23.7. The second-order valence-corrected chi connectivity index (χ2v) is 3.23. The van der Waals surface area contributed by atoms with E-state index in [0.717, 1.165) is 0 Å². The lowest BCUT2D eigenvalue weighted by molar-refractivity contribution is -0.136. The van der Waals surface area contributed by atoms with Crippen LogP contribution >= 0.6 is 11.6 Å². The van der Waals surface area contributed by atoms with Gasteiger partial charge in [0, 0.05) is 25.9 Å². The van der Waals surface area contributed by atoms with Crippen LogP contribution in [-0.2, 0) is 9.59 Å². The summed E-state index contributed by atoms with van der Waals surface area (Å²) >= 11 is 5.51. The van der Waals surface area contributed by atoms with Gasteiger partial charge in [-0.2, -0.15) is 0 Å². The van der Waals surface area contributed by atoms with Crippen molar-refractivity contribution < 1.29 is 9.59 Å². The average Bonchev–Trinajstić information content (AvgIpc) is 2.14. The van der Waals surface area contributed by atoms with Crippen molar-refractivity contribution in [3.05, 3.63) is 0 Å². The Morgan fingerprint density at radius 1 is 1.54 bits per heavy atom. The van der Waals surface area contributed by atoms with Crippen LogP contribution in [0.2, 0.25) is 0 Å². The molecule has 13 heavy (non-hydrogen) atoms. The van der Waals surface area contributed by atoms with Crippen LogP contribution in [0.1, 0.15) is 6.92 Å². The number of rotatable bonds is 4. The first-order chi connectivity index (χ1) is 6.02. The zero-order valence-electron chi connectivity index (χ0n) is 8.13. The van der Waals surface area contributed by atoms with E-state index in [2.05, 4.69) is 5.32 Å². The Hall–Kier alpha value is -0.770. The lowest BCUT2D eigenvalue weighted by Gasteiger charge is -2.18. The van der Waals surface area contributed by atoms with Crippen LogP contribution in [-0.4, -0.2) is 43.2 Å². The molecule has 0 aliphatic rings. The van der Waals surface area contributed by atoms with Gasteiger partial charge in [-0.3, -0.25) is 9.59 Å². The van der Waals surface area contributed by atoms with Gasteiger partial charge in [-0.25, -0.2) is 0 Å². The minimum Gasteiger partial charge on any atom is -0.358 e. The molecule has 0 aliphatic heterocycles. The van der Waals surface area contributed by atoms with Gasteiger partial charge in [0.2, 0.25) is 11.8 Å². The predicted octanol–water partition coefficient (Wildman–Crippen LogP) is 0.0657. The quantitative estimate of drug-likeness (QED) is 0.662. The molecule has 0 saturated heterocycles. The first-order valence-corrected chi connectivity index (χ1v) is 4.57. The van der Waals surface area contributed by atoms with Crippen LogP contribution in [0, 0.1) is 5.92 Å². The largest absolute Gasteiger partial charge is 0.358 e. The van der Waals surface area contributed by atoms with E-state index in [4.69, 9.17) is 11.6 Å². The van der Waals surface area contributed by atoms with Crippen molar-refractivity contribution in [1.82, 2.24) is 10.2 Å². The summed E-state index contributed by atoms with van der Waals surface area (Å²) in [7, 11) is 3.12. The number of carbonyl (C=O) groups is 2. The highest BCUT2D eigenvalue weighted by atomic mass is 35.5. The van der Waals surface area contributed by atoms with Crippen LogP contribution in [0.5, 0.6) is 0 Å². The molecule has 4 nitrogen and oxygen atoms in total. The Kier molecular flexibility index (Phi) is 5.46. The van der Waals surface area contributed by atoms with Gasteiger partial charge in [-0.15, -0.1) is 11.6 Å². The lowest BCUT2D eigenvalue weighted by Crippen LogP contribution is -2.39. The van der Waals surface area contributed by atoms with E-state index < -0.39 is 0 Å². The molecule has 0 spiro atoms. The van der Waals surface area contributed by atoms with Crippen molar-refractivity contribution in [1.29, 1.82) is 0 Å². The Balaban J connectivity index is 4.03. The molecule has 0 saturated carbocycles. The van der Waals surface area contributed by atoms with E-state index in [9.17, 15) is 9.59 Å². The van der Waals surface area contributed by atoms with E-state index in [1.165, 1.54) is 11.9 Å². The smallest absolute Gasteiger partial charge is 0.239 e. The third-order valence-electron chi connectivity index (χ3n) is 1.69. The number of hydrogen-bond donors (Lipinski definition) is 1. The van der Waals surface area contributed by atoms with Gasteiger partial charge in [0.05, 0.1) is 6.54 Å². The van der Waals surface area contributed by atoms with Crippen molar-refractivity contribution in [2.75, 3.05) is 26.5 Å². The maximum absolute atomic E-state index is 11.4. The molecule has 0 aromatic heterocycles. The fourth-order valence-electron chi connectivity index (χ4n) is 0.815. The van der Waals surface area contributed by atoms with Crippen molar-refractivity contribution >= 4 is 23.4 Å². The molecule has 1 atom stereocenters. The molecule has 1 N–H and O–H groups in total. The van der Waals surface area contributed by atoms with Gasteiger partial charge in [0.1, 0.15) is 0 Å². The number of carbonyl (C=O) groups excluding carboxylic acids is 2. The molecule has 0 aliphatic carbocycles. The highest BCUT2D eigenvalue weighted by Crippen LogP contribution is 2.02. The summed E-state index contributed by atoms with van der Waals surface area (Å²) in [6, 6.07) is 0. The molecule has 2 amide bonds. The van der Waals surface area contributed by atoms with E-state index in [0.29, 0.717) is 0 Å². The van der Waals surface area contributed by atoms with E-state index >= 15 is 0 Å². The highest BCUT2D eigenvalue weighted by Gasteiger charge is 2.17. The summed E-state index contributed by atoms with van der Waals surface area (Å²) in [5.41, 5.74) is 0. The van der Waals surface area contributed by atoms with Crippen LogP contribution < -0.4 is 5.32 Å². The Bertz CT molecular complexity index is 197. The molecule has 5 heteroatoms. The van der Waals surface area contributed by atoms with Crippen LogP contribution in [0.3, 0.4) is 0 Å². The van der Waals surface area contributed by atoms with Crippen molar-refractivity contribution in [2.45, 2.75) is 6.92 Å². The fraction of sp³-hybridized carbons (Fsp3) is 0.750. The summed E-state index contributed by atoms with van der Waals surface area (Å²) in [5, 5.41) is 2.44. The Labute approximate surface area is 83.2 Å². The van der Waals surface area contributed by atoms with Crippen LogP contribution in [0.25, 0.3) is 0 Å². The van der Waals surface area contributed by atoms with Gasteiger partial charge < -0.3 is 10.2 Å². The van der Waals surface area contributed by atoms with Crippen molar-refractivity contribution in [3.8, 4) is 0 Å². The first kappa shape index (κ1) is 12.2. The summed E-state index contributed by atoms with van der Waals surface area (Å²) in [6.45, 7) is 1.81. The predicted molar refractivity (Wildman–Crippen MR) is 51.6 cm³/mol. The zero-order chi connectivity index (χ0) is 10.4. The second-order valence-electron chi connectivity index (χ2n) is 2.92. The van der Waals surface area contributed by atoms with Crippen LogP contribution in [0.4, 0.5) is 0 Å². The van der Waals surface area contributed by atoms with Crippen LogP contribution in [0.15, 0.2) is 0 Å². The molecule has 0 bridgehead atoms. The molecule has 0 radical (unpaired) electrons. The molecule has 0 aromatic rings. The van der Waals surface area contributed by atoms with E-state index in [1.807, 2.05) is 0 Å². The maximum Gasteiger partial charge on any atom is 0.239 e. The molecule has 0 heterocycles. The monoisotopic (exact) mass is 206 g/mol. The number of nitrogens with zero attached hydrogens (tertiary/aromatic N) is 1. The van der Waals surface area contributed by atoms with Crippen molar-refractivity contribution in [3.63, 3.8) is 0 Å². The third-order valence-corrected chi connectivity index (χ3v) is 2.15. The van der Waals surface area contributed by atoms with Gasteiger partial charge in [0.25, 0.3) is 0 Å². The number of nitrogens with one attached hydrogen (secondary N) is 1. The fourth-order valence-corrected chi connectivity index (χ4v) is 0.947. The molecule has 0 fully saturated rings. The Morgan fingerprint density at radius 3 is 2.46 bits per heavy atom. The minimum absolute atomic E-state index is 0.0799. The Morgan fingerprint density at radius 2 is 2.08 bits per heavy atom. The molecule has 1 unspecified atom stereocenters. The number of hydrogen-bond acceptors (Lipinski definition) is 2. The van der Waals surface area contributed by atoms with Gasteiger partial charge in [-0.1, -0.05) is 6.92 Å². The third kappa shape index (κ3) is 4.12. The minimum atomic E-state index is -0.240. The van der Waals surface area contributed by atoms with Gasteiger partial charge in [-0.05, 0) is 0 Å². The number of likely N-dealkylation sites (N-methyl/N-ethyl adjacent to an activating group) is 2. The molecule has 0 aromatic carbocycles. The summed E-state index contributed by atoms with van der Waals surface area (Å²) < 4.78 is 0. The van der Waals surface area contributed by atoms with Crippen molar-refractivity contribution in [2.24, 2.45) is 5.92 Å². The van der Waals surface area contributed by atoms with Gasteiger partial charge >= 0.3 is 0 Å². The molecular weight excluding hydrogens is 192 g/mol. The SMILES string of the molecule is CNC(=O)CN(C)C(=O)C(C)CCl. The van der Waals surface area contributed by atoms with E-state index in [1.54, 1.807) is 14.0 Å².